The fourth-order valence-corrected chi connectivity index (χ4v) is 3.08. The SMILES string of the molecule is CCOc1ccc(-n2cccc2C=C2C(=O)NN(c3ccccc3)C2=O)cc1. The fourth-order valence-electron chi connectivity index (χ4n) is 3.08. The number of rotatable bonds is 5. The van der Waals surface area contributed by atoms with Gasteiger partial charge in [0.2, 0.25) is 0 Å². The Balaban J connectivity index is 1.64. The monoisotopic (exact) mass is 373 g/mol. The maximum Gasteiger partial charge on any atom is 0.282 e. The quantitative estimate of drug-likeness (QED) is 0.551. The van der Waals surface area contributed by atoms with Crippen LogP contribution in [0.5, 0.6) is 5.75 Å². The average molecular weight is 373 g/mol. The van der Waals surface area contributed by atoms with Crippen LogP contribution < -0.4 is 15.2 Å². The summed E-state index contributed by atoms with van der Waals surface area (Å²) >= 11 is 0. The summed E-state index contributed by atoms with van der Waals surface area (Å²) in [5.74, 6) is -0.00824. The lowest BCUT2D eigenvalue weighted by Gasteiger charge is -2.13. The first-order valence-corrected chi connectivity index (χ1v) is 9.00. The van der Waals surface area contributed by atoms with E-state index in [1.165, 1.54) is 5.01 Å². The van der Waals surface area contributed by atoms with Crippen LogP contribution in [0.25, 0.3) is 11.8 Å². The third-order valence-corrected chi connectivity index (χ3v) is 4.40. The van der Waals surface area contributed by atoms with Gasteiger partial charge in [0.05, 0.1) is 12.3 Å². The molecule has 1 aromatic heterocycles. The van der Waals surface area contributed by atoms with Crippen molar-refractivity contribution in [3.05, 3.63) is 84.2 Å². The lowest BCUT2D eigenvalue weighted by Crippen LogP contribution is -2.35. The molecule has 2 heterocycles. The number of nitrogens with one attached hydrogen (secondary N) is 1. The normalized spacial score (nSPS) is 15.2. The van der Waals surface area contributed by atoms with Gasteiger partial charge >= 0.3 is 0 Å². The molecule has 0 radical (unpaired) electrons. The van der Waals surface area contributed by atoms with Gasteiger partial charge in [-0.15, -0.1) is 0 Å². The van der Waals surface area contributed by atoms with Crippen molar-refractivity contribution < 1.29 is 14.3 Å². The van der Waals surface area contributed by atoms with E-state index < -0.39 is 5.91 Å². The van der Waals surface area contributed by atoms with E-state index in [0.29, 0.717) is 12.3 Å². The number of carbonyl (C=O) groups excluding carboxylic acids is 2. The summed E-state index contributed by atoms with van der Waals surface area (Å²) in [6.07, 6.45) is 3.49. The predicted octanol–water partition coefficient (Wildman–Crippen LogP) is 3.34. The minimum Gasteiger partial charge on any atom is -0.494 e. The standard InChI is InChI=1S/C22H19N3O3/c1-2-28-19-12-10-16(11-13-19)24-14-6-9-18(24)15-20-21(26)23-25(22(20)27)17-7-4-3-5-8-17/h3-15H,2H2,1H3,(H,23,26). The van der Waals surface area contributed by atoms with Gasteiger partial charge in [0.15, 0.2) is 0 Å². The molecular formula is C22H19N3O3. The molecule has 1 saturated heterocycles. The Kier molecular flexibility index (Phi) is 4.68. The number of ether oxygens (including phenoxy) is 1. The van der Waals surface area contributed by atoms with Gasteiger partial charge in [-0.1, -0.05) is 18.2 Å². The summed E-state index contributed by atoms with van der Waals surface area (Å²) in [7, 11) is 0. The van der Waals surface area contributed by atoms with Crippen molar-refractivity contribution in [2.24, 2.45) is 0 Å². The largest absolute Gasteiger partial charge is 0.494 e. The molecule has 0 atom stereocenters. The van der Waals surface area contributed by atoms with Crippen molar-refractivity contribution in [2.75, 3.05) is 11.6 Å². The van der Waals surface area contributed by atoms with Gasteiger partial charge < -0.3 is 9.30 Å². The van der Waals surface area contributed by atoms with Crippen molar-refractivity contribution in [3.63, 3.8) is 0 Å². The molecule has 1 N–H and O–H groups in total. The van der Waals surface area contributed by atoms with Crippen LogP contribution in [0.15, 0.2) is 78.5 Å². The second-order valence-electron chi connectivity index (χ2n) is 6.21. The summed E-state index contributed by atoms with van der Waals surface area (Å²) in [6.45, 7) is 2.54. The van der Waals surface area contributed by atoms with E-state index in [1.807, 2.05) is 72.3 Å². The Morgan fingerprint density at radius 3 is 2.39 bits per heavy atom. The Morgan fingerprint density at radius 1 is 0.929 bits per heavy atom. The number of aromatic nitrogens is 1. The third kappa shape index (κ3) is 3.27. The second-order valence-corrected chi connectivity index (χ2v) is 6.21. The molecule has 1 aliphatic rings. The van der Waals surface area contributed by atoms with E-state index in [1.54, 1.807) is 18.2 Å². The number of nitrogens with zero attached hydrogens (tertiary/aromatic N) is 2. The van der Waals surface area contributed by atoms with E-state index in [0.717, 1.165) is 17.1 Å². The molecule has 6 nitrogen and oxygen atoms in total. The molecule has 0 unspecified atom stereocenters. The van der Waals surface area contributed by atoms with Crippen LogP contribution >= 0.6 is 0 Å². The molecule has 0 spiro atoms. The molecule has 4 rings (SSSR count). The van der Waals surface area contributed by atoms with Crippen LogP contribution in [0.2, 0.25) is 0 Å². The highest BCUT2D eigenvalue weighted by molar-refractivity contribution is 6.31. The van der Waals surface area contributed by atoms with Gasteiger partial charge in [-0.3, -0.25) is 15.0 Å². The predicted molar refractivity (Wildman–Crippen MR) is 107 cm³/mol. The van der Waals surface area contributed by atoms with Crippen LogP contribution in [0.3, 0.4) is 0 Å². The molecule has 0 saturated carbocycles. The Hall–Kier alpha value is -3.80. The maximum atomic E-state index is 12.8. The Morgan fingerprint density at radius 2 is 1.68 bits per heavy atom. The second kappa shape index (κ2) is 7.44. The van der Waals surface area contributed by atoms with E-state index >= 15 is 0 Å². The lowest BCUT2D eigenvalue weighted by molar-refractivity contribution is -0.117. The van der Waals surface area contributed by atoms with Gasteiger partial charge in [-0.2, -0.15) is 0 Å². The van der Waals surface area contributed by atoms with Crippen LogP contribution in [0.4, 0.5) is 5.69 Å². The third-order valence-electron chi connectivity index (χ3n) is 4.40. The maximum absolute atomic E-state index is 12.8. The zero-order chi connectivity index (χ0) is 19.5. The molecule has 28 heavy (non-hydrogen) atoms. The van der Waals surface area contributed by atoms with E-state index in [-0.39, 0.29) is 11.5 Å². The van der Waals surface area contributed by atoms with Crippen molar-refractivity contribution >= 4 is 23.6 Å². The summed E-state index contributed by atoms with van der Waals surface area (Å²) in [5, 5.41) is 1.26. The number of para-hydroxylation sites is 1. The number of hydrazine groups is 1. The number of carbonyl (C=O) groups is 2. The molecule has 3 aromatic rings. The van der Waals surface area contributed by atoms with E-state index in [9.17, 15) is 9.59 Å². The molecule has 6 heteroatoms. The van der Waals surface area contributed by atoms with Crippen molar-refractivity contribution in [1.82, 2.24) is 9.99 Å². The highest BCUT2D eigenvalue weighted by Crippen LogP contribution is 2.23. The van der Waals surface area contributed by atoms with Gasteiger partial charge in [0.1, 0.15) is 11.3 Å². The zero-order valence-electron chi connectivity index (χ0n) is 15.3. The highest BCUT2D eigenvalue weighted by atomic mass is 16.5. The van der Waals surface area contributed by atoms with Gasteiger partial charge in [-0.05, 0) is 61.5 Å². The summed E-state index contributed by atoms with van der Waals surface area (Å²) in [4.78, 5) is 25.1. The first-order chi connectivity index (χ1) is 13.7. The van der Waals surface area contributed by atoms with Gasteiger partial charge in [0, 0.05) is 17.6 Å². The van der Waals surface area contributed by atoms with Crippen molar-refractivity contribution in [3.8, 4) is 11.4 Å². The van der Waals surface area contributed by atoms with Crippen LogP contribution in [-0.4, -0.2) is 23.0 Å². The highest BCUT2D eigenvalue weighted by Gasteiger charge is 2.34. The Labute approximate surface area is 162 Å². The van der Waals surface area contributed by atoms with Crippen LogP contribution in [0, 0.1) is 0 Å². The molecule has 0 bridgehead atoms. The van der Waals surface area contributed by atoms with Crippen LogP contribution in [0.1, 0.15) is 12.6 Å². The molecule has 2 amide bonds. The first kappa shape index (κ1) is 17.6. The van der Waals surface area contributed by atoms with Crippen LogP contribution in [-0.2, 0) is 9.59 Å². The minimum absolute atomic E-state index is 0.0924. The summed E-state index contributed by atoms with van der Waals surface area (Å²) in [6, 6.07) is 20.4. The molecule has 1 fully saturated rings. The molecular weight excluding hydrogens is 354 g/mol. The van der Waals surface area contributed by atoms with Crippen molar-refractivity contribution in [2.45, 2.75) is 6.92 Å². The number of benzene rings is 2. The minimum atomic E-state index is -0.423. The Bertz CT molecular complexity index is 1040. The number of amides is 2. The molecule has 0 aliphatic carbocycles. The first-order valence-electron chi connectivity index (χ1n) is 9.00. The zero-order valence-corrected chi connectivity index (χ0v) is 15.3. The van der Waals surface area contributed by atoms with E-state index in [2.05, 4.69) is 5.43 Å². The fraction of sp³-hybridized carbons (Fsp3) is 0.0909. The average Bonchev–Trinajstić information content (AvgIpc) is 3.29. The summed E-state index contributed by atoms with van der Waals surface area (Å²) in [5.41, 5.74) is 4.97. The number of hydrogen-bond acceptors (Lipinski definition) is 3. The molecule has 2 aromatic carbocycles. The summed E-state index contributed by atoms with van der Waals surface area (Å²) < 4.78 is 7.38. The van der Waals surface area contributed by atoms with Gasteiger partial charge in [0.25, 0.3) is 11.8 Å². The smallest absolute Gasteiger partial charge is 0.282 e. The lowest BCUT2D eigenvalue weighted by atomic mass is 10.2. The number of anilines is 1. The van der Waals surface area contributed by atoms with Crippen molar-refractivity contribution in [1.29, 1.82) is 0 Å². The van der Waals surface area contributed by atoms with E-state index in [4.69, 9.17) is 4.74 Å². The topological polar surface area (TPSA) is 63.6 Å². The number of hydrogen-bond donors (Lipinski definition) is 1. The van der Waals surface area contributed by atoms with Gasteiger partial charge in [-0.25, -0.2) is 5.01 Å². The molecule has 140 valence electrons. The molecule has 1 aliphatic heterocycles.